The van der Waals surface area contributed by atoms with Gasteiger partial charge in [0.05, 0.1) is 5.56 Å². The maximum Gasteiger partial charge on any atom is 0.225 e. The number of aldehydes is 1. The van der Waals surface area contributed by atoms with Crippen LogP contribution in [0, 0.1) is 5.92 Å². The number of carbonyl (C=O) groups is 1. The molecule has 2 aliphatic heterocycles. The Morgan fingerprint density at radius 3 is 2.79 bits per heavy atom. The summed E-state index contributed by atoms with van der Waals surface area (Å²) in [5, 5.41) is 0. The first-order chi connectivity index (χ1) is 9.28. The zero-order chi connectivity index (χ0) is 13.2. The van der Waals surface area contributed by atoms with Crippen molar-refractivity contribution in [1.29, 1.82) is 0 Å². The Hall–Kier alpha value is -1.49. The van der Waals surface area contributed by atoms with Crippen LogP contribution >= 0.6 is 0 Å². The summed E-state index contributed by atoms with van der Waals surface area (Å²) in [4.78, 5) is 24.0. The second-order valence-electron chi connectivity index (χ2n) is 5.62. The quantitative estimate of drug-likeness (QED) is 0.748. The fraction of sp³-hybridized carbons (Fsp3) is 0.643. The standard InChI is InChI=1S/C14H20N4O/c1-17-5-2-3-12-9-18(6-4-13(12)17)14-15-7-11(10-19)8-16-14/h7-8,10,12-13H,2-6,9H2,1H3. The van der Waals surface area contributed by atoms with E-state index < -0.39 is 0 Å². The van der Waals surface area contributed by atoms with Gasteiger partial charge in [0.25, 0.3) is 0 Å². The van der Waals surface area contributed by atoms with Crippen LogP contribution in [0.3, 0.4) is 0 Å². The summed E-state index contributed by atoms with van der Waals surface area (Å²) in [5.41, 5.74) is 0.538. The van der Waals surface area contributed by atoms with Crippen LogP contribution in [0.4, 0.5) is 5.95 Å². The minimum Gasteiger partial charge on any atom is -0.340 e. The number of piperidine rings is 2. The number of likely N-dealkylation sites (tertiary alicyclic amines) is 1. The topological polar surface area (TPSA) is 49.3 Å². The molecular formula is C14H20N4O. The van der Waals surface area contributed by atoms with E-state index in [1.165, 1.54) is 25.8 Å². The van der Waals surface area contributed by atoms with E-state index in [1.54, 1.807) is 12.4 Å². The van der Waals surface area contributed by atoms with Gasteiger partial charge in [-0.1, -0.05) is 0 Å². The summed E-state index contributed by atoms with van der Waals surface area (Å²) < 4.78 is 0. The third-order valence-corrected chi connectivity index (χ3v) is 4.42. The zero-order valence-corrected chi connectivity index (χ0v) is 11.3. The molecule has 0 radical (unpaired) electrons. The van der Waals surface area contributed by atoms with E-state index in [-0.39, 0.29) is 0 Å². The highest BCUT2D eigenvalue weighted by Crippen LogP contribution is 2.30. The van der Waals surface area contributed by atoms with Gasteiger partial charge in [-0.25, -0.2) is 9.97 Å². The molecule has 2 unspecified atom stereocenters. The van der Waals surface area contributed by atoms with Gasteiger partial charge in [-0.2, -0.15) is 0 Å². The Kier molecular flexibility index (Phi) is 3.46. The number of anilines is 1. The molecule has 19 heavy (non-hydrogen) atoms. The monoisotopic (exact) mass is 260 g/mol. The van der Waals surface area contributed by atoms with Crippen molar-refractivity contribution in [1.82, 2.24) is 14.9 Å². The van der Waals surface area contributed by atoms with Crippen molar-refractivity contribution in [2.45, 2.75) is 25.3 Å². The Labute approximate surface area is 113 Å². The maximum atomic E-state index is 10.6. The molecule has 2 aliphatic rings. The number of hydrogen-bond acceptors (Lipinski definition) is 5. The number of rotatable bonds is 2. The fourth-order valence-corrected chi connectivity index (χ4v) is 3.39. The number of fused-ring (bicyclic) bond motifs is 1. The molecule has 3 heterocycles. The predicted octanol–water partition coefficient (Wildman–Crippen LogP) is 1.21. The first-order valence-electron chi connectivity index (χ1n) is 7.00. The van der Waals surface area contributed by atoms with Crippen LogP contribution in [0.25, 0.3) is 0 Å². The highest BCUT2D eigenvalue weighted by atomic mass is 16.1. The molecule has 102 valence electrons. The predicted molar refractivity (Wildman–Crippen MR) is 73.4 cm³/mol. The molecule has 0 spiro atoms. The van der Waals surface area contributed by atoms with Gasteiger partial charge in [0.1, 0.15) is 0 Å². The highest BCUT2D eigenvalue weighted by molar-refractivity contribution is 5.73. The van der Waals surface area contributed by atoms with Gasteiger partial charge in [-0.15, -0.1) is 0 Å². The van der Waals surface area contributed by atoms with E-state index in [4.69, 9.17) is 0 Å². The molecule has 0 amide bonds. The highest BCUT2D eigenvalue weighted by Gasteiger charge is 2.34. The van der Waals surface area contributed by atoms with Crippen molar-refractivity contribution < 1.29 is 4.79 Å². The lowest BCUT2D eigenvalue weighted by atomic mass is 9.84. The SMILES string of the molecule is CN1CCCC2CN(c3ncc(C=O)cn3)CCC21. The van der Waals surface area contributed by atoms with E-state index >= 15 is 0 Å². The smallest absolute Gasteiger partial charge is 0.225 e. The minimum atomic E-state index is 0.538. The number of aromatic nitrogens is 2. The summed E-state index contributed by atoms with van der Waals surface area (Å²) in [6.45, 7) is 3.27. The average molecular weight is 260 g/mol. The molecule has 2 saturated heterocycles. The van der Waals surface area contributed by atoms with Crippen LogP contribution in [0.15, 0.2) is 12.4 Å². The lowest BCUT2D eigenvalue weighted by molar-refractivity contribution is 0.102. The molecule has 1 aromatic rings. The Morgan fingerprint density at radius 1 is 1.26 bits per heavy atom. The second-order valence-corrected chi connectivity index (χ2v) is 5.62. The van der Waals surface area contributed by atoms with E-state index in [2.05, 4.69) is 26.8 Å². The molecule has 0 saturated carbocycles. The molecule has 1 aromatic heterocycles. The van der Waals surface area contributed by atoms with Gasteiger partial charge in [-0.05, 0) is 38.8 Å². The molecule has 2 fully saturated rings. The third-order valence-electron chi connectivity index (χ3n) is 4.42. The van der Waals surface area contributed by atoms with Crippen molar-refractivity contribution >= 4 is 12.2 Å². The van der Waals surface area contributed by atoms with E-state index in [1.807, 2.05) is 0 Å². The van der Waals surface area contributed by atoms with Gasteiger partial charge >= 0.3 is 0 Å². The summed E-state index contributed by atoms with van der Waals surface area (Å²) in [5.74, 6) is 1.49. The molecule has 0 aromatic carbocycles. The summed E-state index contributed by atoms with van der Waals surface area (Å²) in [6.07, 6.45) is 7.77. The lowest BCUT2D eigenvalue weighted by Gasteiger charge is -2.45. The van der Waals surface area contributed by atoms with Crippen molar-refractivity contribution in [2.75, 3.05) is 31.6 Å². The average Bonchev–Trinajstić information content (AvgIpc) is 2.47. The number of carbonyl (C=O) groups excluding carboxylic acids is 1. The molecule has 0 aliphatic carbocycles. The van der Waals surface area contributed by atoms with Gasteiger partial charge in [-0.3, -0.25) is 4.79 Å². The number of nitrogens with zero attached hydrogens (tertiary/aromatic N) is 4. The van der Waals surface area contributed by atoms with Crippen LogP contribution in [-0.4, -0.2) is 53.9 Å². The van der Waals surface area contributed by atoms with E-state index in [0.29, 0.717) is 5.56 Å². The van der Waals surface area contributed by atoms with Crippen molar-refractivity contribution in [3.63, 3.8) is 0 Å². The van der Waals surface area contributed by atoms with Gasteiger partial charge in [0.2, 0.25) is 5.95 Å². The van der Waals surface area contributed by atoms with Crippen LogP contribution in [0.2, 0.25) is 0 Å². The van der Waals surface area contributed by atoms with Crippen LogP contribution in [0.1, 0.15) is 29.6 Å². The molecular weight excluding hydrogens is 240 g/mol. The van der Waals surface area contributed by atoms with E-state index in [0.717, 1.165) is 37.3 Å². The minimum absolute atomic E-state index is 0.538. The van der Waals surface area contributed by atoms with Crippen molar-refractivity contribution in [2.24, 2.45) is 5.92 Å². The Bertz CT molecular complexity index is 447. The van der Waals surface area contributed by atoms with Crippen molar-refractivity contribution in [3.8, 4) is 0 Å². The van der Waals surface area contributed by atoms with Crippen LogP contribution < -0.4 is 4.90 Å². The Morgan fingerprint density at radius 2 is 2.05 bits per heavy atom. The zero-order valence-electron chi connectivity index (χ0n) is 11.3. The molecule has 5 nitrogen and oxygen atoms in total. The van der Waals surface area contributed by atoms with Gasteiger partial charge < -0.3 is 9.80 Å². The first-order valence-corrected chi connectivity index (χ1v) is 7.00. The largest absolute Gasteiger partial charge is 0.340 e. The summed E-state index contributed by atoms with van der Waals surface area (Å²) >= 11 is 0. The summed E-state index contributed by atoms with van der Waals surface area (Å²) in [7, 11) is 2.24. The lowest BCUT2D eigenvalue weighted by Crippen LogP contribution is -2.53. The summed E-state index contributed by atoms with van der Waals surface area (Å²) in [6, 6.07) is 0.722. The first kappa shape index (κ1) is 12.5. The molecule has 5 heteroatoms. The van der Waals surface area contributed by atoms with E-state index in [9.17, 15) is 4.79 Å². The molecule has 2 atom stereocenters. The van der Waals surface area contributed by atoms with Gasteiger partial charge in [0.15, 0.2) is 6.29 Å². The van der Waals surface area contributed by atoms with Crippen molar-refractivity contribution in [3.05, 3.63) is 18.0 Å². The fourth-order valence-electron chi connectivity index (χ4n) is 3.39. The van der Waals surface area contributed by atoms with Crippen LogP contribution in [-0.2, 0) is 0 Å². The second kappa shape index (κ2) is 5.25. The molecule has 0 bridgehead atoms. The number of hydrogen-bond donors (Lipinski definition) is 0. The normalized spacial score (nSPS) is 27.9. The molecule has 3 rings (SSSR count). The third kappa shape index (κ3) is 2.47. The molecule has 0 N–H and O–H groups in total. The van der Waals surface area contributed by atoms with Crippen LogP contribution in [0.5, 0.6) is 0 Å². The Balaban J connectivity index is 1.71. The maximum absolute atomic E-state index is 10.6. The van der Waals surface area contributed by atoms with Gasteiger partial charge in [0, 0.05) is 31.5 Å².